The van der Waals surface area contributed by atoms with Crippen LogP contribution in [0.15, 0.2) is 24.3 Å². The van der Waals surface area contributed by atoms with Crippen molar-refractivity contribution < 1.29 is 19.3 Å². The SMILES string of the molecule is CC(=O)O[C@@H]1CC[C@]2(C)[C@@H]3CC[C@]4(C)[C@H]([C@H](C)/C=C/[C@H](C)C(C)C)CC[C@@H]4[C@@]34C=C[C@]2(C1)OO4. The Morgan fingerprint density at radius 3 is 2.38 bits per heavy atom. The standard InChI is InChI=1S/C30H46O4/c1-19(2)20(3)8-9-21(4)24-10-11-25-27(24,6)14-13-26-28(7)15-12-23(32-22(5)31)18-29(28)16-17-30(25,26)34-33-29/h8-9,16-17,19-21,23-26H,10-15,18H2,1-7H3/b9-8+/t20-,21+,23+,24-,25-,26-,27+,28+,29+,30-/m0/s1. The molecule has 2 spiro atoms. The fourth-order valence-electron chi connectivity index (χ4n) is 9.03. The molecular formula is C30H46O4. The molecule has 0 N–H and O–H groups in total. The van der Waals surface area contributed by atoms with E-state index in [0.717, 1.165) is 12.8 Å². The highest BCUT2D eigenvalue weighted by Gasteiger charge is 2.74. The summed E-state index contributed by atoms with van der Waals surface area (Å²) in [6.45, 7) is 15.9. The summed E-state index contributed by atoms with van der Waals surface area (Å²) in [6.07, 6.45) is 17.1. The van der Waals surface area contributed by atoms with E-state index >= 15 is 0 Å². The molecule has 0 radical (unpaired) electrons. The Morgan fingerprint density at radius 1 is 0.971 bits per heavy atom. The largest absolute Gasteiger partial charge is 0.462 e. The minimum atomic E-state index is -0.480. The molecule has 4 fully saturated rings. The second-order valence-corrected chi connectivity index (χ2v) is 13.3. The van der Waals surface area contributed by atoms with Gasteiger partial charge in [-0.25, -0.2) is 9.78 Å². The second kappa shape index (κ2) is 8.20. The first-order valence-corrected chi connectivity index (χ1v) is 13.9. The Labute approximate surface area is 206 Å². The van der Waals surface area contributed by atoms with E-state index in [4.69, 9.17) is 14.5 Å². The highest BCUT2D eigenvalue weighted by molar-refractivity contribution is 5.66. The monoisotopic (exact) mass is 470 g/mol. The Hall–Kier alpha value is -1.13. The first-order chi connectivity index (χ1) is 16.0. The fraction of sp³-hybridized carbons (Fsp3) is 0.833. The number of carbonyl (C=O) groups is 1. The van der Waals surface area contributed by atoms with E-state index in [-0.39, 0.29) is 28.5 Å². The van der Waals surface area contributed by atoms with Crippen LogP contribution in [0.3, 0.4) is 0 Å². The number of allylic oxidation sites excluding steroid dienone is 2. The number of hydrogen-bond acceptors (Lipinski definition) is 4. The van der Waals surface area contributed by atoms with Crippen LogP contribution >= 0.6 is 0 Å². The third kappa shape index (κ3) is 3.34. The van der Waals surface area contributed by atoms with Crippen LogP contribution in [0.4, 0.5) is 0 Å². The third-order valence-electron chi connectivity index (χ3n) is 11.4. The van der Waals surface area contributed by atoms with Gasteiger partial charge in [-0.15, -0.1) is 0 Å². The van der Waals surface area contributed by atoms with Crippen molar-refractivity contribution in [3.63, 3.8) is 0 Å². The van der Waals surface area contributed by atoms with Gasteiger partial charge in [-0.2, -0.15) is 0 Å². The van der Waals surface area contributed by atoms with Gasteiger partial charge in [-0.05, 0) is 73.7 Å². The van der Waals surface area contributed by atoms with E-state index in [2.05, 4.69) is 65.8 Å². The van der Waals surface area contributed by atoms with Gasteiger partial charge in [-0.1, -0.05) is 59.8 Å². The molecular weight excluding hydrogens is 424 g/mol. The molecule has 0 unspecified atom stereocenters. The highest BCUT2D eigenvalue weighted by atomic mass is 17.2. The molecule has 3 saturated carbocycles. The van der Waals surface area contributed by atoms with Crippen molar-refractivity contribution in [2.24, 2.45) is 46.3 Å². The number of fused-ring (bicyclic) bond motifs is 2. The van der Waals surface area contributed by atoms with E-state index < -0.39 is 5.60 Å². The normalized spacial score (nSPS) is 48.9. The molecule has 0 aromatic heterocycles. The summed E-state index contributed by atoms with van der Waals surface area (Å²) < 4.78 is 5.63. The average Bonchev–Trinajstić information content (AvgIpc) is 3.14. The van der Waals surface area contributed by atoms with Crippen LogP contribution in [0.5, 0.6) is 0 Å². The summed E-state index contributed by atoms with van der Waals surface area (Å²) in [5.41, 5.74) is -0.514. The van der Waals surface area contributed by atoms with Gasteiger partial charge < -0.3 is 4.74 Å². The molecule has 34 heavy (non-hydrogen) atoms. The van der Waals surface area contributed by atoms with Gasteiger partial charge >= 0.3 is 5.97 Å². The van der Waals surface area contributed by atoms with Crippen LogP contribution in [0.1, 0.15) is 93.4 Å². The molecule has 10 atom stereocenters. The zero-order valence-electron chi connectivity index (χ0n) is 22.4. The summed E-state index contributed by atoms with van der Waals surface area (Å²) in [5.74, 6) is 3.30. The Balaban J connectivity index is 1.42. The first kappa shape index (κ1) is 24.6. The van der Waals surface area contributed by atoms with Gasteiger partial charge in [0.25, 0.3) is 0 Å². The molecule has 0 amide bonds. The van der Waals surface area contributed by atoms with E-state index in [9.17, 15) is 4.79 Å². The van der Waals surface area contributed by atoms with Crippen LogP contribution in [-0.2, 0) is 19.3 Å². The van der Waals surface area contributed by atoms with Crippen molar-refractivity contribution >= 4 is 5.97 Å². The summed E-state index contributed by atoms with van der Waals surface area (Å²) in [5, 5.41) is 0. The minimum Gasteiger partial charge on any atom is -0.462 e. The Bertz CT molecular complexity index is 877. The molecule has 4 nitrogen and oxygen atoms in total. The molecule has 0 aromatic rings. The number of ether oxygens (including phenoxy) is 1. The van der Waals surface area contributed by atoms with Crippen molar-refractivity contribution in [1.29, 1.82) is 0 Å². The summed E-state index contributed by atoms with van der Waals surface area (Å²) in [7, 11) is 0. The molecule has 1 saturated heterocycles. The highest BCUT2D eigenvalue weighted by Crippen LogP contribution is 2.72. The van der Waals surface area contributed by atoms with Crippen LogP contribution in [-0.4, -0.2) is 23.3 Å². The molecule has 2 bridgehead atoms. The van der Waals surface area contributed by atoms with Crippen LogP contribution in [0.2, 0.25) is 0 Å². The quantitative estimate of drug-likeness (QED) is 0.245. The lowest BCUT2D eigenvalue weighted by Crippen LogP contribution is -2.73. The zero-order valence-corrected chi connectivity index (χ0v) is 22.4. The zero-order chi connectivity index (χ0) is 24.5. The Morgan fingerprint density at radius 2 is 1.74 bits per heavy atom. The van der Waals surface area contributed by atoms with E-state index in [0.29, 0.717) is 41.9 Å². The number of hydrogen-bond donors (Lipinski definition) is 0. The molecule has 4 heteroatoms. The van der Waals surface area contributed by atoms with Crippen LogP contribution in [0, 0.1) is 46.3 Å². The smallest absolute Gasteiger partial charge is 0.302 e. The van der Waals surface area contributed by atoms with Crippen molar-refractivity contribution in [1.82, 2.24) is 0 Å². The maximum atomic E-state index is 11.6. The third-order valence-corrected chi connectivity index (χ3v) is 11.4. The van der Waals surface area contributed by atoms with Gasteiger partial charge in [0, 0.05) is 30.6 Å². The molecule has 6 rings (SSSR count). The maximum absolute atomic E-state index is 11.6. The molecule has 4 aliphatic carbocycles. The lowest BCUT2D eigenvalue weighted by Gasteiger charge is -2.69. The van der Waals surface area contributed by atoms with E-state index in [1.807, 2.05) is 0 Å². The topological polar surface area (TPSA) is 44.8 Å². The lowest BCUT2D eigenvalue weighted by atomic mass is 9.42. The number of esters is 1. The van der Waals surface area contributed by atoms with Crippen LogP contribution in [0.25, 0.3) is 0 Å². The Kier molecular flexibility index (Phi) is 5.92. The van der Waals surface area contributed by atoms with Gasteiger partial charge in [0.05, 0.1) is 0 Å². The summed E-state index contributed by atoms with van der Waals surface area (Å²) >= 11 is 0. The fourth-order valence-corrected chi connectivity index (χ4v) is 9.03. The van der Waals surface area contributed by atoms with Gasteiger partial charge in [0.2, 0.25) is 0 Å². The average molecular weight is 471 g/mol. The van der Waals surface area contributed by atoms with Gasteiger partial charge in [0.15, 0.2) is 0 Å². The molecule has 0 aromatic carbocycles. The number of carbonyl (C=O) groups excluding carboxylic acids is 1. The molecule has 190 valence electrons. The van der Waals surface area contributed by atoms with Crippen LogP contribution < -0.4 is 0 Å². The second-order valence-electron chi connectivity index (χ2n) is 13.3. The van der Waals surface area contributed by atoms with E-state index in [1.165, 1.54) is 32.6 Å². The minimum absolute atomic E-state index is 0.0221. The predicted molar refractivity (Wildman–Crippen MR) is 134 cm³/mol. The molecule has 6 aliphatic rings. The number of rotatable bonds is 5. The van der Waals surface area contributed by atoms with Crippen molar-refractivity contribution in [3.05, 3.63) is 24.3 Å². The predicted octanol–water partition coefficient (Wildman–Crippen LogP) is 7.04. The van der Waals surface area contributed by atoms with E-state index in [1.54, 1.807) is 0 Å². The molecule has 2 heterocycles. The van der Waals surface area contributed by atoms with Crippen molar-refractivity contribution in [3.8, 4) is 0 Å². The molecule has 2 aliphatic heterocycles. The first-order valence-electron chi connectivity index (χ1n) is 13.9. The summed E-state index contributed by atoms with van der Waals surface area (Å²) in [6, 6.07) is 0. The van der Waals surface area contributed by atoms with Crippen molar-refractivity contribution in [2.45, 2.75) is 111 Å². The van der Waals surface area contributed by atoms with Gasteiger partial charge in [-0.3, -0.25) is 4.79 Å². The summed E-state index contributed by atoms with van der Waals surface area (Å²) in [4.78, 5) is 24.6. The van der Waals surface area contributed by atoms with Crippen molar-refractivity contribution in [2.75, 3.05) is 0 Å². The maximum Gasteiger partial charge on any atom is 0.302 e. The van der Waals surface area contributed by atoms with Gasteiger partial charge in [0.1, 0.15) is 17.3 Å². The lowest BCUT2D eigenvalue weighted by molar-refractivity contribution is -0.497.